The van der Waals surface area contributed by atoms with Crippen LogP contribution in [0.1, 0.15) is 51.2 Å². The van der Waals surface area contributed by atoms with Crippen LogP contribution in [0, 0.1) is 5.82 Å². The summed E-state index contributed by atoms with van der Waals surface area (Å²) < 4.78 is 13.3. The van der Waals surface area contributed by atoms with Gasteiger partial charge in [0.2, 0.25) is 0 Å². The van der Waals surface area contributed by atoms with Crippen LogP contribution >= 0.6 is 0 Å². The van der Waals surface area contributed by atoms with Gasteiger partial charge in [-0.1, -0.05) is 26.7 Å². The molecule has 1 heterocycles. The van der Waals surface area contributed by atoms with Crippen LogP contribution < -0.4 is 0 Å². The molecule has 4 heteroatoms. The normalized spacial score (nSPS) is 19.8. The molecule has 1 N–H and O–H groups in total. The van der Waals surface area contributed by atoms with Gasteiger partial charge in [-0.05, 0) is 32.0 Å². The van der Waals surface area contributed by atoms with Gasteiger partial charge in [-0.3, -0.25) is 9.88 Å². The molecule has 1 fully saturated rings. The van der Waals surface area contributed by atoms with Crippen molar-refractivity contribution in [2.45, 2.75) is 51.2 Å². The summed E-state index contributed by atoms with van der Waals surface area (Å²) in [5.41, 5.74) is 0.340. The van der Waals surface area contributed by atoms with Crippen molar-refractivity contribution in [2.24, 2.45) is 0 Å². The first-order valence-electron chi connectivity index (χ1n) is 7.17. The van der Waals surface area contributed by atoms with Crippen molar-refractivity contribution in [3.63, 3.8) is 0 Å². The molecule has 0 saturated heterocycles. The highest BCUT2D eigenvalue weighted by molar-refractivity contribution is 5.19. The van der Waals surface area contributed by atoms with Crippen LogP contribution in [-0.4, -0.2) is 33.6 Å². The third-order valence-electron chi connectivity index (χ3n) is 4.41. The Balaban J connectivity index is 2.33. The molecule has 1 aromatic heterocycles. The summed E-state index contributed by atoms with van der Waals surface area (Å²) in [7, 11) is 0. The molecule has 1 saturated carbocycles. The average molecular weight is 266 g/mol. The number of likely N-dealkylation sites (N-methyl/N-ethyl adjacent to an activating group) is 1. The fourth-order valence-electron chi connectivity index (χ4n) is 3.49. The van der Waals surface area contributed by atoms with Gasteiger partial charge in [-0.25, -0.2) is 4.39 Å². The van der Waals surface area contributed by atoms with Crippen molar-refractivity contribution in [2.75, 3.05) is 13.1 Å². The van der Waals surface area contributed by atoms with E-state index in [2.05, 4.69) is 23.7 Å². The molecule has 0 bridgehead atoms. The Labute approximate surface area is 114 Å². The van der Waals surface area contributed by atoms with Crippen molar-refractivity contribution in [3.8, 4) is 0 Å². The van der Waals surface area contributed by atoms with Crippen molar-refractivity contribution in [3.05, 3.63) is 29.8 Å². The molecule has 0 aliphatic heterocycles. The minimum absolute atomic E-state index is 0.251. The number of halogens is 1. The Hall–Kier alpha value is -1.00. The van der Waals surface area contributed by atoms with Crippen molar-refractivity contribution >= 4 is 0 Å². The summed E-state index contributed by atoms with van der Waals surface area (Å²) in [6.07, 6.45) is 6.26. The smallest absolute Gasteiger partial charge is 0.141 e. The van der Waals surface area contributed by atoms with E-state index in [1.807, 2.05) is 0 Å². The number of hydrogen-bond donors (Lipinski definition) is 1. The Bertz CT molecular complexity index is 414. The van der Waals surface area contributed by atoms with E-state index >= 15 is 0 Å². The second-order valence-corrected chi connectivity index (χ2v) is 5.32. The zero-order valence-corrected chi connectivity index (χ0v) is 11.8. The van der Waals surface area contributed by atoms with E-state index in [9.17, 15) is 9.50 Å². The van der Waals surface area contributed by atoms with Gasteiger partial charge in [0.25, 0.3) is 0 Å². The summed E-state index contributed by atoms with van der Waals surface area (Å²) in [6, 6.07) is 1.40. The van der Waals surface area contributed by atoms with Crippen LogP contribution in [0.4, 0.5) is 4.39 Å². The van der Waals surface area contributed by atoms with E-state index in [1.165, 1.54) is 12.3 Å². The number of rotatable bonds is 5. The molecule has 0 radical (unpaired) electrons. The lowest BCUT2D eigenvalue weighted by Gasteiger charge is -2.44. The van der Waals surface area contributed by atoms with Crippen LogP contribution in [0.5, 0.6) is 0 Å². The van der Waals surface area contributed by atoms with E-state index in [1.54, 1.807) is 6.20 Å². The minimum atomic E-state index is -0.668. The Kier molecular flexibility index (Phi) is 4.53. The van der Waals surface area contributed by atoms with Crippen molar-refractivity contribution in [1.82, 2.24) is 9.88 Å². The van der Waals surface area contributed by atoms with Gasteiger partial charge >= 0.3 is 0 Å². The van der Waals surface area contributed by atoms with Crippen LogP contribution in [0.25, 0.3) is 0 Å². The van der Waals surface area contributed by atoms with Gasteiger partial charge in [0.1, 0.15) is 5.82 Å². The summed E-state index contributed by atoms with van der Waals surface area (Å²) in [5.74, 6) is -0.385. The number of aromatic nitrogens is 1. The van der Waals surface area contributed by atoms with Crippen LogP contribution in [0.15, 0.2) is 18.5 Å². The number of aliphatic hydroxyl groups is 1. The second-order valence-electron chi connectivity index (χ2n) is 5.32. The average Bonchev–Trinajstić information content (AvgIpc) is 2.90. The molecule has 106 valence electrons. The van der Waals surface area contributed by atoms with E-state index < -0.39 is 6.10 Å². The van der Waals surface area contributed by atoms with Gasteiger partial charge < -0.3 is 5.11 Å². The molecule has 1 aliphatic rings. The maximum Gasteiger partial charge on any atom is 0.141 e. The molecule has 1 aliphatic carbocycles. The molecule has 0 aromatic carbocycles. The lowest BCUT2D eigenvalue weighted by atomic mass is 9.84. The quantitative estimate of drug-likeness (QED) is 0.890. The highest BCUT2D eigenvalue weighted by Gasteiger charge is 2.45. The van der Waals surface area contributed by atoms with Gasteiger partial charge in [0.15, 0.2) is 0 Å². The van der Waals surface area contributed by atoms with Crippen LogP contribution in [0.2, 0.25) is 0 Å². The van der Waals surface area contributed by atoms with E-state index in [-0.39, 0.29) is 11.4 Å². The van der Waals surface area contributed by atoms with Gasteiger partial charge in [0.05, 0.1) is 17.8 Å². The van der Waals surface area contributed by atoms with Crippen LogP contribution in [0.3, 0.4) is 0 Å². The molecule has 1 aromatic rings. The summed E-state index contributed by atoms with van der Waals surface area (Å²) in [4.78, 5) is 6.18. The van der Waals surface area contributed by atoms with E-state index in [4.69, 9.17) is 0 Å². The minimum Gasteiger partial charge on any atom is -0.386 e. The first-order valence-corrected chi connectivity index (χ1v) is 7.17. The monoisotopic (exact) mass is 266 g/mol. The molecule has 0 spiro atoms. The fraction of sp³-hybridized carbons (Fsp3) is 0.667. The first-order chi connectivity index (χ1) is 9.14. The lowest BCUT2D eigenvalue weighted by molar-refractivity contribution is -0.0271. The number of aliphatic hydroxyl groups excluding tert-OH is 1. The Morgan fingerprint density at radius 3 is 2.47 bits per heavy atom. The lowest BCUT2D eigenvalue weighted by Crippen LogP contribution is -2.51. The third-order valence-corrected chi connectivity index (χ3v) is 4.41. The summed E-state index contributed by atoms with van der Waals surface area (Å²) in [5, 5.41) is 10.8. The van der Waals surface area contributed by atoms with E-state index in [0.29, 0.717) is 5.56 Å². The Morgan fingerprint density at radius 1 is 1.32 bits per heavy atom. The summed E-state index contributed by atoms with van der Waals surface area (Å²) in [6.45, 7) is 6.02. The van der Waals surface area contributed by atoms with Gasteiger partial charge in [0, 0.05) is 11.8 Å². The predicted octanol–water partition coefficient (Wildman–Crippen LogP) is 2.91. The SMILES string of the molecule is CCN(CC)C1(C(O)c2cncc(F)c2)CCCC1. The first kappa shape index (κ1) is 14.4. The highest BCUT2D eigenvalue weighted by atomic mass is 19.1. The zero-order chi connectivity index (χ0) is 13.9. The second kappa shape index (κ2) is 5.97. The summed E-state index contributed by atoms with van der Waals surface area (Å²) >= 11 is 0. The van der Waals surface area contributed by atoms with Gasteiger partial charge in [-0.15, -0.1) is 0 Å². The van der Waals surface area contributed by atoms with E-state index in [0.717, 1.165) is 38.8 Å². The molecule has 19 heavy (non-hydrogen) atoms. The van der Waals surface area contributed by atoms with Gasteiger partial charge in [-0.2, -0.15) is 0 Å². The standard InChI is InChI=1S/C15H23FN2O/c1-3-18(4-2)15(7-5-6-8-15)14(19)12-9-13(16)11-17-10-12/h9-11,14,19H,3-8H2,1-2H3. The molecular weight excluding hydrogens is 243 g/mol. The molecular formula is C15H23FN2O. The zero-order valence-electron chi connectivity index (χ0n) is 11.8. The highest BCUT2D eigenvalue weighted by Crippen LogP contribution is 2.44. The van der Waals surface area contributed by atoms with Crippen molar-refractivity contribution in [1.29, 1.82) is 0 Å². The topological polar surface area (TPSA) is 36.4 Å². The maximum atomic E-state index is 13.3. The Morgan fingerprint density at radius 2 is 1.95 bits per heavy atom. The number of nitrogens with zero attached hydrogens (tertiary/aromatic N) is 2. The predicted molar refractivity (Wildman–Crippen MR) is 73.3 cm³/mol. The third kappa shape index (κ3) is 2.65. The largest absolute Gasteiger partial charge is 0.386 e. The molecule has 1 atom stereocenters. The molecule has 0 amide bonds. The van der Waals surface area contributed by atoms with Crippen LogP contribution in [-0.2, 0) is 0 Å². The number of hydrogen-bond acceptors (Lipinski definition) is 3. The molecule has 3 nitrogen and oxygen atoms in total. The molecule has 1 unspecified atom stereocenters. The maximum absolute atomic E-state index is 13.3. The van der Waals surface area contributed by atoms with Crippen molar-refractivity contribution < 1.29 is 9.50 Å². The number of pyridine rings is 1. The fourth-order valence-corrected chi connectivity index (χ4v) is 3.49. The molecule has 2 rings (SSSR count).